The Morgan fingerprint density at radius 3 is 2.68 bits per heavy atom. The summed E-state index contributed by atoms with van der Waals surface area (Å²) in [7, 11) is 0. The molecule has 2 N–H and O–H groups in total. The third-order valence-corrected chi connectivity index (χ3v) is 7.51. The first-order chi connectivity index (χ1) is 13.8. The first-order valence-electron chi connectivity index (χ1n) is 10.9. The second kappa shape index (κ2) is 9.19. The van der Waals surface area contributed by atoms with E-state index in [0.717, 1.165) is 13.0 Å². The summed E-state index contributed by atoms with van der Waals surface area (Å²) < 4.78 is 0. The summed E-state index contributed by atoms with van der Waals surface area (Å²) in [6, 6.07) is 18.1. The fourth-order valence-electron chi connectivity index (χ4n) is 4.50. The Kier molecular flexibility index (Phi) is 6.43. The van der Waals surface area contributed by atoms with E-state index in [9.17, 15) is 0 Å². The highest BCUT2D eigenvalue weighted by molar-refractivity contribution is 8.00. The quantitative estimate of drug-likeness (QED) is 0.339. The number of rotatable bonds is 8. The van der Waals surface area contributed by atoms with Crippen LogP contribution < -0.4 is 5.32 Å². The van der Waals surface area contributed by atoms with Crippen molar-refractivity contribution in [3.05, 3.63) is 65.4 Å². The minimum Gasteiger partial charge on any atom is -0.358 e. The molecule has 0 radical (unpaired) electrons. The van der Waals surface area contributed by atoms with E-state index in [-0.39, 0.29) is 0 Å². The summed E-state index contributed by atoms with van der Waals surface area (Å²) in [4.78, 5) is 5.14. The Balaban J connectivity index is 1.55. The van der Waals surface area contributed by atoms with Gasteiger partial charge in [-0.25, -0.2) is 0 Å². The smallest absolute Gasteiger partial charge is 0.0462 e. The van der Waals surface area contributed by atoms with Crippen LogP contribution in [0.3, 0.4) is 0 Å². The Morgan fingerprint density at radius 1 is 1.04 bits per heavy atom. The maximum Gasteiger partial charge on any atom is 0.0462 e. The number of benzene rings is 2. The van der Waals surface area contributed by atoms with Gasteiger partial charge in [0.2, 0.25) is 0 Å². The Morgan fingerprint density at radius 2 is 1.89 bits per heavy atom. The number of H-pyrrole nitrogens is 1. The van der Waals surface area contributed by atoms with E-state index in [2.05, 4.69) is 72.7 Å². The van der Waals surface area contributed by atoms with E-state index in [1.165, 1.54) is 64.7 Å². The van der Waals surface area contributed by atoms with Gasteiger partial charge in [0.25, 0.3) is 0 Å². The molecule has 3 heteroatoms. The molecule has 0 spiro atoms. The number of hydrogen-bond acceptors (Lipinski definition) is 2. The number of nitrogens with one attached hydrogen (secondary N) is 2. The molecule has 2 atom stereocenters. The molecule has 1 aromatic heterocycles. The van der Waals surface area contributed by atoms with Crippen LogP contribution in [0.5, 0.6) is 0 Å². The second-order valence-corrected chi connectivity index (χ2v) is 9.26. The minimum atomic E-state index is 0.513. The molecule has 0 saturated carbocycles. The van der Waals surface area contributed by atoms with Crippen molar-refractivity contribution in [2.45, 2.75) is 75.1 Å². The van der Waals surface area contributed by atoms with E-state index in [1.807, 2.05) is 11.8 Å². The highest BCUT2D eigenvalue weighted by Gasteiger charge is 2.28. The largest absolute Gasteiger partial charge is 0.358 e. The summed E-state index contributed by atoms with van der Waals surface area (Å²) in [6.07, 6.45) is 7.35. The number of aromatic amines is 1. The summed E-state index contributed by atoms with van der Waals surface area (Å²) in [6.45, 7) is 5.58. The molecular formula is C25H32N2S. The predicted molar refractivity (Wildman–Crippen MR) is 122 cm³/mol. The average molecular weight is 393 g/mol. The van der Waals surface area contributed by atoms with Crippen molar-refractivity contribution in [3.8, 4) is 0 Å². The Labute approximate surface area is 173 Å². The number of fused-ring (bicyclic) bond motifs is 3. The van der Waals surface area contributed by atoms with Crippen molar-refractivity contribution in [1.29, 1.82) is 0 Å². The maximum atomic E-state index is 3.88. The van der Waals surface area contributed by atoms with E-state index in [4.69, 9.17) is 0 Å². The van der Waals surface area contributed by atoms with Crippen molar-refractivity contribution in [1.82, 2.24) is 10.3 Å². The zero-order valence-corrected chi connectivity index (χ0v) is 17.9. The van der Waals surface area contributed by atoms with Crippen LogP contribution in [-0.2, 0) is 19.4 Å². The molecule has 0 aliphatic carbocycles. The van der Waals surface area contributed by atoms with Gasteiger partial charge in [0, 0.05) is 45.7 Å². The molecule has 0 amide bonds. The highest BCUT2D eigenvalue weighted by atomic mass is 32.2. The fraction of sp³-hybridized carbons (Fsp3) is 0.440. The molecule has 2 unspecified atom stereocenters. The van der Waals surface area contributed by atoms with Crippen LogP contribution >= 0.6 is 11.8 Å². The zero-order chi connectivity index (χ0) is 19.3. The summed E-state index contributed by atoms with van der Waals surface area (Å²) >= 11 is 2.02. The van der Waals surface area contributed by atoms with Gasteiger partial charge in [-0.3, -0.25) is 0 Å². The first-order valence-corrected chi connectivity index (χ1v) is 11.7. The Hall–Kier alpha value is -1.71. The van der Waals surface area contributed by atoms with Crippen molar-refractivity contribution >= 4 is 22.7 Å². The zero-order valence-electron chi connectivity index (χ0n) is 17.1. The van der Waals surface area contributed by atoms with Crippen LogP contribution in [0.1, 0.15) is 56.4 Å². The van der Waals surface area contributed by atoms with Crippen molar-refractivity contribution in [2.75, 3.05) is 0 Å². The normalized spacial score (nSPS) is 17.6. The molecule has 2 aromatic carbocycles. The maximum absolute atomic E-state index is 3.88. The highest BCUT2D eigenvalue weighted by Crippen LogP contribution is 2.34. The van der Waals surface area contributed by atoms with Gasteiger partial charge in [0.05, 0.1) is 0 Å². The molecular weight excluding hydrogens is 360 g/mol. The van der Waals surface area contributed by atoms with Gasteiger partial charge in [0.15, 0.2) is 0 Å². The molecule has 1 aliphatic rings. The third kappa shape index (κ3) is 4.16. The topological polar surface area (TPSA) is 27.8 Å². The van der Waals surface area contributed by atoms with Gasteiger partial charge >= 0.3 is 0 Å². The summed E-state index contributed by atoms with van der Waals surface area (Å²) in [5.41, 5.74) is 5.81. The van der Waals surface area contributed by atoms with E-state index < -0.39 is 0 Å². The van der Waals surface area contributed by atoms with Crippen LogP contribution in [0.15, 0.2) is 53.4 Å². The molecule has 0 saturated heterocycles. The van der Waals surface area contributed by atoms with Gasteiger partial charge < -0.3 is 10.3 Å². The monoisotopic (exact) mass is 392 g/mol. The molecule has 2 heterocycles. The molecule has 3 aromatic rings. The molecule has 148 valence electrons. The number of unbranched alkanes of at least 4 members (excludes halogenated alkanes) is 2. The van der Waals surface area contributed by atoms with E-state index >= 15 is 0 Å². The lowest BCUT2D eigenvalue weighted by Gasteiger charge is -2.31. The standard InChI is InChI=1S/C25H32N2S/c1-3-5-7-11-18-12-10-15-21-25(18)20-17-26-23(16-22(20)27-21)24(4-2)28-19-13-8-6-9-14-19/h6,8-10,12-15,23-24,26-27H,3-5,7,11,16-17H2,1-2H3. The molecule has 1 aliphatic heterocycles. The number of aryl methyl sites for hydroxylation is 1. The molecule has 4 rings (SSSR count). The predicted octanol–water partition coefficient (Wildman–Crippen LogP) is 6.49. The lowest BCUT2D eigenvalue weighted by molar-refractivity contribution is 0.456. The SMILES string of the molecule is CCCCCc1cccc2[nH]c3c(c12)CNC(C(CC)Sc1ccccc1)C3. The minimum absolute atomic E-state index is 0.513. The van der Waals surface area contributed by atoms with Crippen molar-refractivity contribution in [3.63, 3.8) is 0 Å². The molecule has 0 fully saturated rings. The molecule has 0 bridgehead atoms. The van der Waals surface area contributed by atoms with Crippen LogP contribution in [0, 0.1) is 0 Å². The second-order valence-electron chi connectivity index (χ2n) is 7.95. The van der Waals surface area contributed by atoms with Gasteiger partial charge in [-0.1, -0.05) is 57.0 Å². The van der Waals surface area contributed by atoms with E-state index in [0.29, 0.717) is 11.3 Å². The lowest BCUT2D eigenvalue weighted by Crippen LogP contribution is -2.42. The number of aromatic nitrogens is 1. The van der Waals surface area contributed by atoms with Gasteiger partial charge in [0.1, 0.15) is 0 Å². The van der Waals surface area contributed by atoms with Crippen LogP contribution in [0.25, 0.3) is 10.9 Å². The Bertz CT molecular complexity index is 900. The van der Waals surface area contributed by atoms with Crippen LogP contribution in [0.4, 0.5) is 0 Å². The van der Waals surface area contributed by atoms with Crippen molar-refractivity contribution < 1.29 is 0 Å². The summed E-state index contributed by atoms with van der Waals surface area (Å²) in [5, 5.41) is 5.96. The number of thioether (sulfide) groups is 1. The van der Waals surface area contributed by atoms with Gasteiger partial charge in [-0.15, -0.1) is 11.8 Å². The number of hydrogen-bond donors (Lipinski definition) is 2. The third-order valence-electron chi connectivity index (χ3n) is 6.00. The van der Waals surface area contributed by atoms with Crippen molar-refractivity contribution in [2.24, 2.45) is 0 Å². The van der Waals surface area contributed by atoms with Gasteiger partial charge in [-0.05, 0) is 48.6 Å². The van der Waals surface area contributed by atoms with Gasteiger partial charge in [-0.2, -0.15) is 0 Å². The average Bonchev–Trinajstić information content (AvgIpc) is 3.11. The van der Waals surface area contributed by atoms with E-state index in [1.54, 1.807) is 0 Å². The van der Waals surface area contributed by atoms with Crippen LogP contribution in [-0.4, -0.2) is 16.3 Å². The lowest BCUT2D eigenvalue weighted by atomic mass is 9.94. The van der Waals surface area contributed by atoms with Crippen LogP contribution in [0.2, 0.25) is 0 Å². The molecule has 28 heavy (non-hydrogen) atoms. The first kappa shape index (κ1) is 19.6. The summed E-state index contributed by atoms with van der Waals surface area (Å²) in [5.74, 6) is 0. The molecule has 2 nitrogen and oxygen atoms in total. The fourth-order valence-corrected chi connectivity index (χ4v) is 5.69.